The first kappa shape index (κ1) is 26.5. The number of hydrogen-bond donors (Lipinski definition) is 3. The lowest BCUT2D eigenvalue weighted by Crippen LogP contribution is -2.38. The molecule has 0 saturated heterocycles. The van der Waals surface area contributed by atoms with Crippen molar-refractivity contribution in [1.29, 1.82) is 0 Å². The zero-order valence-electron chi connectivity index (χ0n) is 21.4. The van der Waals surface area contributed by atoms with Crippen LogP contribution in [0.3, 0.4) is 0 Å². The summed E-state index contributed by atoms with van der Waals surface area (Å²) in [5, 5.41) is 17.6. The van der Waals surface area contributed by atoms with Crippen molar-refractivity contribution in [2.24, 2.45) is 0 Å². The monoisotopic (exact) mass is 521 g/mol. The predicted octanol–water partition coefficient (Wildman–Crippen LogP) is 3.94. The van der Waals surface area contributed by atoms with Crippen LogP contribution in [0, 0.1) is 0 Å². The van der Waals surface area contributed by atoms with E-state index < -0.39 is 5.60 Å². The van der Waals surface area contributed by atoms with Gasteiger partial charge in [-0.25, -0.2) is 19.3 Å². The average molecular weight is 522 g/mol. The van der Waals surface area contributed by atoms with Crippen molar-refractivity contribution < 1.29 is 5.11 Å². The van der Waals surface area contributed by atoms with Gasteiger partial charge in [-0.05, 0) is 49.2 Å². The minimum absolute atomic E-state index is 0. The third-order valence-electron chi connectivity index (χ3n) is 6.53. The van der Waals surface area contributed by atoms with Gasteiger partial charge in [0, 0.05) is 30.4 Å². The van der Waals surface area contributed by atoms with Gasteiger partial charge in [0.1, 0.15) is 11.0 Å². The summed E-state index contributed by atoms with van der Waals surface area (Å²) in [6.45, 7) is 13.6. The summed E-state index contributed by atoms with van der Waals surface area (Å²) >= 11 is 0. The van der Waals surface area contributed by atoms with Gasteiger partial charge < -0.3 is 15.7 Å². The fourth-order valence-corrected chi connectivity index (χ4v) is 4.70. The number of nitrogens with zero attached hydrogens (tertiary/aromatic N) is 5. The van der Waals surface area contributed by atoms with E-state index in [0.717, 1.165) is 18.8 Å². The Bertz CT molecular complexity index is 1530. The van der Waals surface area contributed by atoms with Crippen LogP contribution in [0.1, 0.15) is 44.5 Å². The standard InChI is InChI=1S/C27H31N7O2.ClH/c1-6-12-33-24(35)19-15-29-25(30-18-10-11-20-17(13-18)14-28-16-26(20,2)3)32-23(19)34(33)22-9-7-8-21(31-22)27(4,5)36;/h6-11,13,15,28,36H,1,12,14,16H2,2-5H3,(H,29,30,32);1H. The molecule has 9 nitrogen and oxygen atoms in total. The summed E-state index contributed by atoms with van der Waals surface area (Å²) < 4.78 is 3.17. The molecule has 0 amide bonds. The zero-order valence-corrected chi connectivity index (χ0v) is 22.3. The van der Waals surface area contributed by atoms with Crippen LogP contribution < -0.4 is 16.2 Å². The van der Waals surface area contributed by atoms with Crippen LogP contribution >= 0.6 is 12.4 Å². The fourth-order valence-electron chi connectivity index (χ4n) is 4.70. The fraction of sp³-hybridized carbons (Fsp3) is 0.333. The minimum Gasteiger partial charge on any atom is -0.384 e. The average Bonchev–Trinajstić information content (AvgIpc) is 3.09. The molecule has 3 aromatic heterocycles. The van der Waals surface area contributed by atoms with E-state index in [0.29, 0.717) is 28.5 Å². The first-order valence-electron chi connectivity index (χ1n) is 12.0. The molecule has 4 aromatic rings. The van der Waals surface area contributed by atoms with E-state index in [1.807, 2.05) is 6.07 Å². The summed E-state index contributed by atoms with van der Waals surface area (Å²) in [7, 11) is 0. The highest BCUT2D eigenvalue weighted by atomic mass is 35.5. The second kappa shape index (κ2) is 9.74. The Hall–Kier alpha value is -3.53. The molecule has 0 radical (unpaired) electrons. The Morgan fingerprint density at radius 3 is 2.76 bits per heavy atom. The highest BCUT2D eigenvalue weighted by Gasteiger charge is 2.27. The lowest BCUT2D eigenvalue weighted by molar-refractivity contribution is 0.0738. The molecule has 1 aromatic carbocycles. The number of halogens is 1. The molecule has 0 bridgehead atoms. The van der Waals surface area contributed by atoms with Gasteiger partial charge in [0.25, 0.3) is 5.56 Å². The minimum atomic E-state index is -1.14. The number of benzene rings is 1. The number of fused-ring (bicyclic) bond motifs is 2. The van der Waals surface area contributed by atoms with Gasteiger partial charge in [-0.1, -0.05) is 32.1 Å². The van der Waals surface area contributed by atoms with Crippen molar-refractivity contribution >= 4 is 35.1 Å². The van der Waals surface area contributed by atoms with E-state index in [-0.39, 0.29) is 29.9 Å². The third-order valence-corrected chi connectivity index (χ3v) is 6.53. The molecule has 3 N–H and O–H groups in total. The lowest BCUT2D eigenvalue weighted by atomic mass is 9.79. The Morgan fingerprint density at radius 2 is 2.03 bits per heavy atom. The first-order chi connectivity index (χ1) is 17.1. The number of hydrogen-bond acceptors (Lipinski definition) is 7. The van der Waals surface area contributed by atoms with Crippen LogP contribution in [0.5, 0.6) is 0 Å². The van der Waals surface area contributed by atoms with Crippen molar-refractivity contribution in [3.63, 3.8) is 0 Å². The SMILES string of the molecule is C=CCn1c(=O)c2cnc(Nc3ccc4c(c3)CNCC4(C)C)nc2n1-c1cccc(C(C)(C)O)n1.Cl. The largest absolute Gasteiger partial charge is 0.384 e. The molecule has 0 fully saturated rings. The molecular weight excluding hydrogens is 490 g/mol. The highest BCUT2D eigenvalue weighted by Crippen LogP contribution is 2.32. The maximum Gasteiger partial charge on any atom is 0.278 e. The van der Waals surface area contributed by atoms with Gasteiger partial charge in [0.2, 0.25) is 5.95 Å². The summed E-state index contributed by atoms with van der Waals surface area (Å²) in [5.74, 6) is 0.837. The predicted molar refractivity (Wildman–Crippen MR) is 148 cm³/mol. The number of nitrogens with one attached hydrogen (secondary N) is 2. The Kier molecular flexibility index (Phi) is 6.98. The molecule has 0 atom stereocenters. The topological polar surface area (TPSA) is 110 Å². The smallest absolute Gasteiger partial charge is 0.278 e. The van der Waals surface area contributed by atoms with E-state index >= 15 is 0 Å². The second-order valence-corrected chi connectivity index (χ2v) is 10.3. The number of aromatic nitrogens is 5. The van der Waals surface area contributed by atoms with Gasteiger partial charge in [0.15, 0.2) is 11.5 Å². The van der Waals surface area contributed by atoms with Crippen LogP contribution in [0.25, 0.3) is 16.9 Å². The molecule has 37 heavy (non-hydrogen) atoms. The van der Waals surface area contributed by atoms with Gasteiger partial charge >= 0.3 is 0 Å². The van der Waals surface area contributed by atoms with E-state index in [9.17, 15) is 9.90 Å². The van der Waals surface area contributed by atoms with E-state index in [4.69, 9.17) is 4.98 Å². The third kappa shape index (κ3) is 4.90. The van der Waals surface area contributed by atoms with Gasteiger partial charge in [-0.2, -0.15) is 4.98 Å². The Morgan fingerprint density at radius 1 is 1.24 bits per heavy atom. The van der Waals surface area contributed by atoms with Crippen molar-refractivity contribution in [3.05, 3.63) is 82.4 Å². The van der Waals surface area contributed by atoms with Crippen molar-refractivity contribution in [1.82, 2.24) is 29.6 Å². The highest BCUT2D eigenvalue weighted by molar-refractivity contribution is 5.85. The summed E-state index contributed by atoms with van der Waals surface area (Å²) in [6, 6.07) is 11.6. The number of rotatable bonds is 6. The van der Waals surface area contributed by atoms with Crippen molar-refractivity contribution in [2.75, 3.05) is 11.9 Å². The molecule has 0 spiro atoms. The number of pyridine rings is 1. The lowest BCUT2D eigenvalue weighted by Gasteiger charge is -2.33. The van der Waals surface area contributed by atoms with E-state index in [1.54, 1.807) is 42.8 Å². The van der Waals surface area contributed by atoms with Crippen LogP contribution in [0.4, 0.5) is 11.6 Å². The molecule has 10 heteroatoms. The first-order valence-corrected chi connectivity index (χ1v) is 12.0. The van der Waals surface area contributed by atoms with Gasteiger partial charge in [-0.3, -0.25) is 4.79 Å². The van der Waals surface area contributed by atoms with E-state index in [1.165, 1.54) is 22.0 Å². The van der Waals surface area contributed by atoms with Gasteiger partial charge in [0.05, 0.1) is 12.2 Å². The Labute approximate surface area is 221 Å². The molecule has 0 saturated carbocycles. The summed E-state index contributed by atoms with van der Waals surface area (Å²) in [5.41, 5.74) is 3.02. The number of allylic oxidation sites excluding steroid dienone is 1. The van der Waals surface area contributed by atoms with Crippen LogP contribution in [-0.2, 0) is 24.1 Å². The normalized spacial score (nSPS) is 14.6. The van der Waals surface area contributed by atoms with Crippen molar-refractivity contribution in [3.8, 4) is 5.82 Å². The zero-order chi connectivity index (χ0) is 25.7. The molecule has 0 unspecified atom stereocenters. The molecule has 1 aliphatic rings. The van der Waals surface area contributed by atoms with Crippen LogP contribution in [0.15, 0.2) is 60.0 Å². The Balaban J connectivity index is 0.00000320. The number of anilines is 2. The second-order valence-electron chi connectivity index (χ2n) is 10.3. The quantitative estimate of drug-likeness (QED) is 0.330. The maximum absolute atomic E-state index is 13.2. The molecule has 5 rings (SSSR count). The molecule has 0 aliphatic carbocycles. The van der Waals surface area contributed by atoms with Crippen LogP contribution in [0.2, 0.25) is 0 Å². The summed E-state index contributed by atoms with van der Waals surface area (Å²) in [6.07, 6.45) is 3.18. The molecule has 194 valence electrons. The van der Waals surface area contributed by atoms with E-state index in [2.05, 4.69) is 53.2 Å². The molecular formula is C27H32ClN7O2. The maximum atomic E-state index is 13.2. The van der Waals surface area contributed by atoms with Gasteiger partial charge in [-0.15, -0.1) is 19.0 Å². The summed E-state index contributed by atoms with van der Waals surface area (Å²) in [4.78, 5) is 27.0. The molecule has 4 heterocycles. The van der Waals surface area contributed by atoms with Crippen molar-refractivity contribution in [2.45, 2.75) is 51.8 Å². The molecule has 1 aliphatic heterocycles. The van der Waals surface area contributed by atoms with Crippen LogP contribution in [-0.4, -0.2) is 36.0 Å². The number of aliphatic hydroxyl groups is 1.